The normalized spacial score (nSPS) is 24.3. The molecule has 0 radical (unpaired) electrons. The summed E-state index contributed by atoms with van der Waals surface area (Å²) in [6.45, 7) is 6.51. The lowest BCUT2D eigenvalue weighted by Crippen LogP contribution is -2.45. The number of nitrogens with zero attached hydrogens (tertiary/aromatic N) is 2. The summed E-state index contributed by atoms with van der Waals surface area (Å²) in [4.78, 5) is 30.3. The van der Waals surface area contributed by atoms with Gasteiger partial charge in [-0.1, -0.05) is 12.2 Å². The fraction of sp³-hybridized carbons (Fsp3) is 0.826. The average Bonchev–Trinajstić information content (AvgIpc) is 3.38. The molecule has 2 amide bonds. The lowest BCUT2D eigenvalue weighted by Gasteiger charge is -2.26. The van der Waals surface area contributed by atoms with Gasteiger partial charge in [0, 0.05) is 13.1 Å². The first-order valence-electron chi connectivity index (χ1n) is 12.0. The van der Waals surface area contributed by atoms with Crippen LogP contribution in [0.2, 0.25) is 0 Å². The number of rotatable bonds is 16. The van der Waals surface area contributed by atoms with E-state index in [0.29, 0.717) is 26.2 Å². The van der Waals surface area contributed by atoms with Crippen molar-refractivity contribution in [2.24, 2.45) is 35.1 Å². The predicted molar refractivity (Wildman–Crippen MR) is 125 cm³/mol. The Labute approximate surface area is 188 Å². The Morgan fingerprint density at radius 2 is 1.16 bits per heavy atom. The van der Waals surface area contributed by atoms with E-state index < -0.39 is 0 Å². The molecule has 0 aromatic heterocycles. The van der Waals surface area contributed by atoms with Crippen LogP contribution in [0.4, 0.5) is 0 Å². The van der Waals surface area contributed by atoms with Crippen LogP contribution in [0, 0.1) is 23.7 Å². The minimum absolute atomic E-state index is 0.0307. The Kier molecular flexibility index (Phi) is 11.5. The van der Waals surface area contributed by atoms with Crippen LogP contribution in [0.1, 0.15) is 32.1 Å². The van der Waals surface area contributed by atoms with Crippen LogP contribution in [0.15, 0.2) is 12.2 Å². The van der Waals surface area contributed by atoms with Gasteiger partial charge < -0.3 is 31.9 Å². The summed E-state index contributed by atoms with van der Waals surface area (Å²) >= 11 is 0. The van der Waals surface area contributed by atoms with Crippen LogP contribution in [-0.4, -0.2) is 88.1 Å². The molecule has 8 nitrogen and oxygen atoms in total. The first-order chi connectivity index (χ1) is 15.0. The maximum atomic E-state index is 12.9. The van der Waals surface area contributed by atoms with E-state index in [-0.39, 0.29) is 35.5 Å². The maximum absolute atomic E-state index is 12.9. The van der Waals surface area contributed by atoms with E-state index in [0.717, 1.165) is 58.3 Å². The summed E-state index contributed by atoms with van der Waals surface area (Å²) in [7, 11) is 4.16. The zero-order valence-corrected chi connectivity index (χ0v) is 19.5. The number of nitrogens with two attached hydrogens (primary N) is 2. The number of nitrogens with one attached hydrogen (secondary N) is 2. The molecule has 31 heavy (non-hydrogen) atoms. The van der Waals surface area contributed by atoms with Crippen molar-refractivity contribution in [2.75, 3.05) is 66.5 Å². The summed E-state index contributed by atoms with van der Waals surface area (Å²) in [6, 6.07) is 0. The smallest absolute Gasteiger partial charge is 0.224 e. The third-order valence-electron chi connectivity index (χ3n) is 6.58. The van der Waals surface area contributed by atoms with Crippen LogP contribution in [-0.2, 0) is 9.59 Å². The molecule has 6 N–H and O–H groups in total. The van der Waals surface area contributed by atoms with Gasteiger partial charge in [0.05, 0.1) is 11.8 Å². The van der Waals surface area contributed by atoms with E-state index >= 15 is 0 Å². The van der Waals surface area contributed by atoms with Crippen molar-refractivity contribution in [3.63, 3.8) is 0 Å². The number of allylic oxidation sites excluding steroid dienone is 2. The van der Waals surface area contributed by atoms with E-state index in [9.17, 15) is 9.59 Å². The van der Waals surface area contributed by atoms with Crippen molar-refractivity contribution in [2.45, 2.75) is 32.1 Å². The fourth-order valence-electron chi connectivity index (χ4n) is 4.84. The molecule has 2 aliphatic carbocycles. The van der Waals surface area contributed by atoms with Crippen molar-refractivity contribution in [3.05, 3.63) is 12.2 Å². The predicted octanol–water partition coefficient (Wildman–Crippen LogP) is -0.00150. The van der Waals surface area contributed by atoms with Crippen LogP contribution < -0.4 is 22.1 Å². The Hall–Kier alpha value is -1.48. The zero-order valence-electron chi connectivity index (χ0n) is 19.5. The first kappa shape index (κ1) is 25.8. The molecule has 0 spiro atoms. The number of hydrogen-bond donors (Lipinski definition) is 4. The summed E-state index contributed by atoms with van der Waals surface area (Å²) in [5.41, 5.74) is 11.1. The lowest BCUT2D eigenvalue weighted by molar-refractivity contribution is -0.135. The number of carbonyl (C=O) groups is 2. The van der Waals surface area contributed by atoms with Crippen molar-refractivity contribution in [3.8, 4) is 0 Å². The second-order valence-corrected chi connectivity index (χ2v) is 9.18. The zero-order chi connectivity index (χ0) is 22.6. The lowest BCUT2D eigenvalue weighted by atomic mass is 9.81. The number of hydrogen-bond acceptors (Lipinski definition) is 6. The molecule has 0 heterocycles. The third-order valence-corrected chi connectivity index (χ3v) is 6.58. The topological polar surface area (TPSA) is 117 Å². The summed E-state index contributed by atoms with van der Waals surface area (Å²) in [6.07, 6.45) is 8.95. The number of amides is 2. The standard InChI is InChI=1S/C23H44N6O2/c1-28(13-3-9-24)15-5-11-26-22(30)20-18-7-8-19(17-18)21(20)23(31)27-12-6-16-29(2)14-4-10-25/h7-8,18-21H,3-6,9-17,24-25H2,1-2H3,(H,26,30)(H,27,31)/t18?,19?,20-,21-/m1/s1. The fourth-order valence-corrected chi connectivity index (χ4v) is 4.84. The van der Waals surface area contributed by atoms with Gasteiger partial charge in [0.25, 0.3) is 0 Å². The van der Waals surface area contributed by atoms with Crippen LogP contribution in [0.3, 0.4) is 0 Å². The molecule has 178 valence electrons. The van der Waals surface area contributed by atoms with Gasteiger partial charge in [-0.2, -0.15) is 0 Å². The van der Waals surface area contributed by atoms with E-state index in [1.54, 1.807) is 0 Å². The Bertz CT molecular complexity index is 536. The van der Waals surface area contributed by atoms with Crippen molar-refractivity contribution < 1.29 is 9.59 Å². The number of fused-ring (bicyclic) bond motifs is 2. The van der Waals surface area contributed by atoms with Gasteiger partial charge in [0.2, 0.25) is 11.8 Å². The molecule has 2 rings (SSSR count). The van der Waals surface area contributed by atoms with E-state index in [1.807, 2.05) is 0 Å². The van der Waals surface area contributed by atoms with Gasteiger partial charge in [0.1, 0.15) is 0 Å². The van der Waals surface area contributed by atoms with E-state index in [4.69, 9.17) is 11.5 Å². The molecule has 0 aromatic rings. The third kappa shape index (κ3) is 8.18. The van der Waals surface area contributed by atoms with Crippen LogP contribution in [0.5, 0.6) is 0 Å². The summed E-state index contributed by atoms with van der Waals surface area (Å²) < 4.78 is 0. The van der Waals surface area contributed by atoms with Gasteiger partial charge in [-0.05, 0) is 97.3 Å². The second kappa shape index (κ2) is 13.8. The Morgan fingerprint density at radius 3 is 1.55 bits per heavy atom. The van der Waals surface area contributed by atoms with Crippen molar-refractivity contribution in [1.29, 1.82) is 0 Å². The molecule has 2 bridgehead atoms. The second-order valence-electron chi connectivity index (χ2n) is 9.18. The van der Waals surface area contributed by atoms with Gasteiger partial charge in [-0.15, -0.1) is 0 Å². The molecule has 8 heteroatoms. The molecular weight excluding hydrogens is 392 g/mol. The molecular formula is C23H44N6O2. The Morgan fingerprint density at radius 1 is 0.774 bits per heavy atom. The van der Waals surface area contributed by atoms with Gasteiger partial charge in [0.15, 0.2) is 0 Å². The summed E-state index contributed by atoms with van der Waals surface area (Å²) in [5, 5.41) is 6.17. The molecule has 0 aliphatic heterocycles. The molecule has 4 atom stereocenters. The molecule has 1 saturated carbocycles. The van der Waals surface area contributed by atoms with Gasteiger partial charge >= 0.3 is 0 Å². The molecule has 0 saturated heterocycles. The minimum Gasteiger partial charge on any atom is -0.356 e. The van der Waals surface area contributed by atoms with Gasteiger partial charge in [-0.25, -0.2) is 0 Å². The van der Waals surface area contributed by atoms with Crippen LogP contribution >= 0.6 is 0 Å². The van der Waals surface area contributed by atoms with Crippen molar-refractivity contribution in [1.82, 2.24) is 20.4 Å². The highest BCUT2D eigenvalue weighted by atomic mass is 16.2. The highest BCUT2D eigenvalue weighted by Gasteiger charge is 2.51. The molecule has 0 aromatic carbocycles. The minimum atomic E-state index is -0.239. The number of carbonyl (C=O) groups excluding carboxylic acids is 2. The SMILES string of the molecule is CN(CCCN)CCCNC(=O)[C@@H]1C2C=CC(C2)[C@H]1C(=O)NCCCN(C)CCCN. The van der Waals surface area contributed by atoms with E-state index in [2.05, 4.69) is 46.7 Å². The van der Waals surface area contributed by atoms with Gasteiger partial charge in [-0.3, -0.25) is 9.59 Å². The van der Waals surface area contributed by atoms with E-state index in [1.165, 1.54) is 0 Å². The van der Waals surface area contributed by atoms with Crippen molar-refractivity contribution >= 4 is 11.8 Å². The summed E-state index contributed by atoms with van der Waals surface area (Å²) in [5.74, 6) is -0.0357. The average molecular weight is 437 g/mol. The largest absolute Gasteiger partial charge is 0.356 e. The molecule has 1 fully saturated rings. The monoisotopic (exact) mass is 436 g/mol. The highest BCUT2D eigenvalue weighted by molar-refractivity contribution is 5.89. The molecule has 2 unspecified atom stereocenters. The molecule has 2 aliphatic rings. The highest BCUT2D eigenvalue weighted by Crippen LogP contribution is 2.48. The Balaban J connectivity index is 1.73. The van der Waals surface area contributed by atoms with Crippen LogP contribution in [0.25, 0.3) is 0 Å². The quantitative estimate of drug-likeness (QED) is 0.200. The first-order valence-corrected chi connectivity index (χ1v) is 12.0. The maximum Gasteiger partial charge on any atom is 0.224 e.